The zero-order valence-corrected chi connectivity index (χ0v) is 16.6. The number of pyridine rings is 1. The van der Waals surface area contributed by atoms with Crippen LogP contribution in [0.5, 0.6) is 5.75 Å². The molecule has 0 radical (unpaired) electrons. The number of aromatic nitrogens is 1. The van der Waals surface area contributed by atoms with Crippen molar-refractivity contribution in [3.05, 3.63) is 35.5 Å². The summed E-state index contributed by atoms with van der Waals surface area (Å²) in [6, 6.07) is 7.75. The Bertz CT molecular complexity index is 875. The predicted octanol–water partition coefficient (Wildman–Crippen LogP) is 3.03. The van der Waals surface area contributed by atoms with Gasteiger partial charge in [-0.1, -0.05) is 11.6 Å². The van der Waals surface area contributed by atoms with Crippen LogP contribution in [-0.2, 0) is 4.79 Å². The Balaban J connectivity index is 1.37. The molecule has 6 nitrogen and oxygen atoms in total. The van der Waals surface area contributed by atoms with Crippen molar-refractivity contribution in [1.29, 1.82) is 0 Å². The van der Waals surface area contributed by atoms with Crippen LogP contribution >= 0.6 is 11.6 Å². The lowest BCUT2D eigenvalue weighted by molar-refractivity contribution is -0.132. The molecule has 0 N–H and O–H groups in total. The summed E-state index contributed by atoms with van der Waals surface area (Å²) in [5.74, 6) is 0.931. The maximum absolute atomic E-state index is 12.7. The summed E-state index contributed by atoms with van der Waals surface area (Å²) >= 11 is 6.27. The minimum Gasteiger partial charge on any atom is -0.487 e. The SMILES string of the molecule is C=NC[C@@H]1CCCN1C(=O)CN1CC[C@H](Oc2ccc(Cl)c3cccnc23)C1. The van der Waals surface area contributed by atoms with Gasteiger partial charge in [0.15, 0.2) is 0 Å². The summed E-state index contributed by atoms with van der Waals surface area (Å²) in [5, 5.41) is 1.56. The standard InChI is InChI=1S/C21H25ClN4O2/c1-23-12-15-4-3-10-26(15)20(27)14-25-11-8-16(13-25)28-19-7-6-18(22)17-5-2-9-24-21(17)19/h2,5-7,9,15-16H,1,3-4,8,10-14H2/t15-,16-/m0/s1. The molecule has 7 heteroatoms. The molecule has 1 aromatic heterocycles. The fourth-order valence-electron chi connectivity index (χ4n) is 4.21. The lowest BCUT2D eigenvalue weighted by atomic mass is 10.2. The van der Waals surface area contributed by atoms with Crippen LogP contribution in [0.4, 0.5) is 0 Å². The number of hydrogen-bond acceptors (Lipinski definition) is 5. The molecule has 148 valence electrons. The third-order valence-corrected chi connectivity index (χ3v) is 5.93. The van der Waals surface area contributed by atoms with E-state index in [2.05, 4.69) is 21.6 Å². The van der Waals surface area contributed by atoms with Gasteiger partial charge in [0.1, 0.15) is 17.4 Å². The Hall–Kier alpha value is -2.18. The van der Waals surface area contributed by atoms with E-state index >= 15 is 0 Å². The lowest BCUT2D eigenvalue weighted by Gasteiger charge is -2.26. The molecule has 2 saturated heterocycles. The van der Waals surface area contributed by atoms with Gasteiger partial charge in [0.2, 0.25) is 5.91 Å². The number of rotatable bonds is 6. The summed E-state index contributed by atoms with van der Waals surface area (Å²) in [5.41, 5.74) is 0.779. The molecule has 4 rings (SSSR count). The number of fused-ring (bicyclic) bond motifs is 1. The number of hydrogen-bond donors (Lipinski definition) is 0. The highest BCUT2D eigenvalue weighted by Crippen LogP contribution is 2.31. The average molecular weight is 401 g/mol. The third kappa shape index (κ3) is 3.98. The Morgan fingerprint density at radius 1 is 1.32 bits per heavy atom. The van der Waals surface area contributed by atoms with Crippen LogP contribution in [0.3, 0.4) is 0 Å². The molecule has 0 saturated carbocycles. The molecule has 28 heavy (non-hydrogen) atoms. The molecular formula is C21H25ClN4O2. The number of carbonyl (C=O) groups is 1. The van der Waals surface area contributed by atoms with Crippen LogP contribution < -0.4 is 4.74 Å². The van der Waals surface area contributed by atoms with E-state index in [4.69, 9.17) is 16.3 Å². The minimum absolute atomic E-state index is 0.0448. The number of nitrogens with zero attached hydrogens (tertiary/aromatic N) is 4. The van der Waals surface area contributed by atoms with E-state index in [1.807, 2.05) is 29.2 Å². The quantitative estimate of drug-likeness (QED) is 0.699. The highest BCUT2D eigenvalue weighted by Gasteiger charge is 2.32. The van der Waals surface area contributed by atoms with Gasteiger partial charge in [0, 0.05) is 31.2 Å². The van der Waals surface area contributed by atoms with Crippen molar-refractivity contribution < 1.29 is 9.53 Å². The molecule has 2 aliphatic rings. The second kappa shape index (κ2) is 8.45. The average Bonchev–Trinajstić information content (AvgIpc) is 3.34. The first-order chi connectivity index (χ1) is 13.7. The Morgan fingerprint density at radius 2 is 2.21 bits per heavy atom. The summed E-state index contributed by atoms with van der Waals surface area (Å²) in [7, 11) is 0. The fraction of sp³-hybridized carbons (Fsp3) is 0.476. The number of likely N-dealkylation sites (tertiary alicyclic amines) is 2. The maximum Gasteiger partial charge on any atom is 0.237 e. The Kier molecular flexibility index (Phi) is 5.78. The van der Waals surface area contributed by atoms with Crippen molar-refractivity contribution in [2.45, 2.75) is 31.4 Å². The summed E-state index contributed by atoms with van der Waals surface area (Å²) in [6.07, 6.45) is 4.75. The molecule has 1 amide bonds. The van der Waals surface area contributed by atoms with Crippen LogP contribution in [0.25, 0.3) is 10.9 Å². The number of benzene rings is 1. The molecule has 0 unspecified atom stereocenters. The van der Waals surface area contributed by atoms with Gasteiger partial charge in [0.25, 0.3) is 0 Å². The summed E-state index contributed by atoms with van der Waals surface area (Å²) in [4.78, 5) is 25.3. The van der Waals surface area contributed by atoms with Crippen molar-refractivity contribution in [3.8, 4) is 5.75 Å². The van der Waals surface area contributed by atoms with Gasteiger partial charge in [0.05, 0.1) is 24.2 Å². The van der Waals surface area contributed by atoms with Gasteiger partial charge in [-0.2, -0.15) is 0 Å². The van der Waals surface area contributed by atoms with Crippen LogP contribution in [0.15, 0.2) is 35.5 Å². The molecule has 3 heterocycles. The highest BCUT2D eigenvalue weighted by molar-refractivity contribution is 6.35. The minimum atomic E-state index is 0.0448. The molecular weight excluding hydrogens is 376 g/mol. The van der Waals surface area contributed by atoms with Gasteiger partial charge in [-0.3, -0.25) is 19.7 Å². The molecule has 0 aliphatic carbocycles. The van der Waals surface area contributed by atoms with Gasteiger partial charge >= 0.3 is 0 Å². The second-order valence-electron chi connectivity index (χ2n) is 7.50. The van der Waals surface area contributed by atoms with Crippen molar-refractivity contribution in [2.24, 2.45) is 4.99 Å². The monoisotopic (exact) mass is 400 g/mol. The van der Waals surface area contributed by atoms with E-state index in [1.54, 1.807) is 6.20 Å². The maximum atomic E-state index is 12.7. The van der Waals surface area contributed by atoms with E-state index in [-0.39, 0.29) is 18.1 Å². The van der Waals surface area contributed by atoms with Gasteiger partial charge in [-0.25, -0.2) is 0 Å². The normalized spacial score (nSPS) is 22.7. The topological polar surface area (TPSA) is 58.0 Å². The molecule has 1 aromatic carbocycles. The molecule has 2 aromatic rings. The fourth-order valence-corrected chi connectivity index (χ4v) is 4.42. The first-order valence-corrected chi connectivity index (χ1v) is 10.2. The second-order valence-corrected chi connectivity index (χ2v) is 7.91. The number of carbonyl (C=O) groups excluding carboxylic acids is 1. The largest absolute Gasteiger partial charge is 0.487 e. The smallest absolute Gasteiger partial charge is 0.237 e. The summed E-state index contributed by atoms with van der Waals surface area (Å²) < 4.78 is 6.23. The molecule has 2 fully saturated rings. The molecule has 0 bridgehead atoms. The zero-order valence-electron chi connectivity index (χ0n) is 15.9. The van der Waals surface area contributed by atoms with Crippen LogP contribution in [-0.4, -0.2) is 72.3 Å². The summed E-state index contributed by atoms with van der Waals surface area (Å²) in [6.45, 7) is 7.06. The van der Waals surface area contributed by atoms with Crippen LogP contribution in [0.1, 0.15) is 19.3 Å². The van der Waals surface area contributed by atoms with E-state index in [9.17, 15) is 4.79 Å². The van der Waals surface area contributed by atoms with Crippen molar-refractivity contribution >= 4 is 35.1 Å². The van der Waals surface area contributed by atoms with Crippen molar-refractivity contribution in [3.63, 3.8) is 0 Å². The van der Waals surface area contributed by atoms with Gasteiger partial charge in [-0.05, 0) is 50.2 Å². The number of ether oxygens (including phenoxy) is 1. The Labute approximate surface area is 170 Å². The van der Waals surface area contributed by atoms with Crippen LogP contribution in [0, 0.1) is 0 Å². The van der Waals surface area contributed by atoms with Crippen LogP contribution in [0.2, 0.25) is 5.02 Å². The van der Waals surface area contributed by atoms with Gasteiger partial charge in [-0.15, -0.1) is 0 Å². The van der Waals surface area contributed by atoms with Crippen molar-refractivity contribution in [2.75, 3.05) is 32.7 Å². The number of halogens is 1. The first-order valence-electron chi connectivity index (χ1n) is 9.80. The predicted molar refractivity (Wildman–Crippen MR) is 111 cm³/mol. The molecule has 2 atom stereocenters. The number of aliphatic imine (C=N–C) groups is 1. The lowest BCUT2D eigenvalue weighted by Crippen LogP contribution is -2.43. The number of amides is 1. The third-order valence-electron chi connectivity index (χ3n) is 5.60. The van der Waals surface area contributed by atoms with Gasteiger partial charge < -0.3 is 9.64 Å². The van der Waals surface area contributed by atoms with E-state index in [0.29, 0.717) is 18.1 Å². The van der Waals surface area contributed by atoms with E-state index in [1.165, 1.54) is 0 Å². The van der Waals surface area contributed by atoms with Crippen molar-refractivity contribution in [1.82, 2.24) is 14.8 Å². The van der Waals surface area contributed by atoms with E-state index in [0.717, 1.165) is 55.5 Å². The van der Waals surface area contributed by atoms with E-state index < -0.39 is 0 Å². The first kappa shape index (κ1) is 19.2. The molecule has 2 aliphatic heterocycles. The zero-order chi connectivity index (χ0) is 19.5. The highest BCUT2D eigenvalue weighted by atomic mass is 35.5. The molecule has 0 spiro atoms. The Morgan fingerprint density at radius 3 is 3.07 bits per heavy atom.